The molecule has 9 heteroatoms. The second kappa shape index (κ2) is 7.28. The Balaban J connectivity index is 1.46. The van der Waals surface area contributed by atoms with Crippen molar-refractivity contribution >= 4 is 11.0 Å². The summed E-state index contributed by atoms with van der Waals surface area (Å²) < 4.78 is 13.5. The molecule has 0 fully saturated rings. The first-order chi connectivity index (χ1) is 14.7. The zero-order valence-electron chi connectivity index (χ0n) is 16.0. The first-order valence-corrected chi connectivity index (χ1v) is 9.18. The van der Waals surface area contributed by atoms with E-state index in [0.717, 1.165) is 17.0 Å². The fraction of sp³-hybridized carbons (Fsp3) is 0.0952. The molecule has 3 heterocycles. The van der Waals surface area contributed by atoms with Gasteiger partial charge in [-0.1, -0.05) is 35.5 Å². The maximum Gasteiger partial charge on any atom is 0.264 e. The van der Waals surface area contributed by atoms with Crippen LogP contribution in [-0.4, -0.2) is 36.6 Å². The highest BCUT2D eigenvalue weighted by Gasteiger charge is 2.14. The van der Waals surface area contributed by atoms with E-state index in [-0.39, 0.29) is 12.1 Å². The molecule has 0 amide bonds. The Kier molecular flexibility index (Phi) is 4.32. The van der Waals surface area contributed by atoms with Gasteiger partial charge in [-0.25, -0.2) is 9.67 Å². The van der Waals surface area contributed by atoms with Gasteiger partial charge in [0, 0.05) is 5.56 Å². The van der Waals surface area contributed by atoms with Crippen LogP contribution in [0.2, 0.25) is 0 Å². The normalized spacial score (nSPS) is 11.1. The smallest absolute Gasteiger partial charge is 0.264 e. The van der Waals surface area contributed by atoms with E-state index in [4.69, 9.17) is 9.26 Å². The monoisotopic (exact) mass is 400 g/mol. The first kappa shape index (κ1) is 17.8. The van der Waals surface area contributed by atoms with Gasteiger partial charge in [-0.05, 0) is 24.3 Å². The van der Waals surface area contributed by atoms with E-state index in [0.29, 0.717) is 22.7 Å². The fourth-order valence-electron chi connectivity index (χ4n) is 3.14. The molecular weight excluding hydrogens is 384 g/mol. The number of benzene rings is 2. The third-order valence-electron chi connectivity index (χ3n) is 4.68. The molecule has 0 N–H and O–H groups in total. The average molecular weight is 400 g/mol. The van der Waals surface area contributed by atoms with Gasteiger partial charge < -0.3 is 9.26 Å². The van der Waals surface area contributed by atoms with Crippen molar-refractivity contribution in [3.8, 4) is 22.8 Å². The topological polar surface area (TPSA) is 101 Å². The average Bonchev–Trinajstić information content (AvgIpc) is 3.44. The van der Waals surface area contributed by atoms with Gasteiger partial charge in [-0.3, -0.25) is 9.36 Å². The number of rotatable bonds is 5. The molecule has 30 heavy (non-hydrogen) atoms. The summed E-state index contributed by atoms with van der Waals surface area (Å²) in [5, 5.41) is 8.71. The molecule has 0 saturated carbocycles. The highest BCUT2D eigenvalue weighted by Crippen LogP contribution is 2.18. The minimum atomic E-state index is -0.237. The number of aromatic nitrogens is 6. The van der Waals surface area contributed by atoms with E-state index >= 15 is 0 Å². The van der Waals surface area contributed by atoms with Crippen LogP contribution < -0.4 is 10.3 Å². The molecule has 0 unspecified atom stereocenters. The van der Waals surface area contributed by atoms with Crippen LogP contribution in [0.25, 0.3) is 28.1 Å². The molecule has 0 aliphatic carbocycles. The Hall–Kier alpha value is -4.27. The molecule has 0 atom stereocenters. The molecule has 0 spiro atoms. The van der Waals surface area contributed by atoms with E-state index in [1.54, 1.807) is 11.8 Å². The van der Waals surface area contributed by atoms with Gasteiger partial charge in [-0.15, -0.1) is 0 Å². The van der Waals surface area contributed by atoms with Gasteiger partial charge in [0.1, 0.15) is 24.0 Å². The van der Waals surface area contributed by atoms with Crippen LogP contribution in [0, 0.1) is 0 Å². The van der Waals surface area contributed by atoms with Crippen molar-refractivity contribution in [2.75, 3.05) is 7.11 Å². The van der Waals surface area contributed by atoms with Gasteiger partial charge in [-0.2, -0.15) is 10.1 Å². The lowest BCUT2D eigenvalue weighted by atomic mass is 10.2. The lowest BCUT2D eigenvalue weighted by molar-refractivity contribution is 0.369. The molecule has 148 valence electrons. The zero-order valence-corrected chi connectivity index (χ0v) is 16.0. The molecule has 0 radical (unpaired) electrons. The predicted octanol–water partition coefficient (Wildman–Crippen LogP) is 2.69. The molecule has 0 aliphatic heterocycles. The van der Waals surface area contributed by atoms with Crippen LogP contribution in [0.3, 0.4) is 0 Å². The van der Waals surface area contributed by atoms with E-state index in [1.807, 2.05) is 54.6 Å². The standard InChI is InChI=1S/C21H16N6O3/c1-29-16-9-7-15(8-10-16)27-20-17(11-23-27)21(28)26(13-22-20)12-18-24-19(25-30-18)14-5-3-2-4-6-14/h2-11,13H,12H2,1H3. The molecular formula is C21H16N6O3. The Labute approximate surface area is 170 Å². The molecule has 0 bridgehead atoms. The van der Waals surface area contributed by atoms with Crippen LogP contribution in [0.5, 0.6) is 5.75 Å². The predicted molar refractivity (Wildman–Crippen MR) is 109 cm³/mol. The van der Waals surface area contributed by atoms with Crippen LogP contribution in [-0.2, 0) is 6.54 Å². The number of hydrogen-bond acceptors (Lipinski definition) is 7. The molecule has 0 saturated heterocycles. The summed E-state index contributed by atoms with van der Waals surface area (Å²) in [7, 11) is 1.61. The van der Waals surface area contributed by atoms with Crippen molar-refractivity contribution in [3.63, 3.8) is 0 Å². The van der Waals surface area contributed by atoms with E-state index in [1.165, 1.54) is 17.1 Å². The van der Waals surface area contributed by atoms with E-state index < -0.39 is 0 Å². The lowest BCUT2D eigenvalue weighted by Crippen LogP contribution is -2.21. The quantitative estimate of drug-likeness (QED) is 0.447. The molecule has 0 aliphatic rings. The molecule has 5 rings (SSSR count). The summed E-state index contributed by atoms with van der Waals surface area (Å²) in [6, 6.07) is 16.8. The second-order valence-electron chi connectivity index (χ2n) is 6.55. The number of nitrogens with zero attached hydrogens (tertiary/aromatic N) is 6. The van der Waals surface area contributed by atoms with Gasteiger partial charge >= 0.3 is 0 Å². The summed E-state index contributed by atoms with van der Waals surface area (Å²) in [6.45, 7) is 0.120. The summed E-state index contributed by atoms with van der Waals surface area (Å²) in [4.78, 5) is 21.7. The third-order valence-corrected chi connectivity index (χ3v) is 4.68. The molecule has 9 nitrogen and oxygen atoms in total. The largest absolute Gasteiger partial charge is 0.497 e. The zero-order chi connectivity index (χ0) is 20.5. The molecule has 3 aromatic heterocycles. The first-order valence-electron chi connectivity index (χ1n) is 9.18. The van der Waals surface area contributed by atoms with Crippen molar-refractivity contribution in [2.24, 2.45) is 0 Å². The fourth-order valence-corrected chi connectivity index (χ4v) is 3.14. The second-order valence-corrected chi connectivity index (χ2v) is 6.55. The minimum Gasteiger partial charge on any atom is -0.497 e. The van der Waals surface area contributed by atoms with Crippen molar-refractivity contribution in [2.45, 2.75) is 6.54 Å². The highest BCUT2D eigenvalue weighted by molar-refractivity contribution is 5.75. The van der Waals surface area contributed by atoms with Crippen LogP contribution in [0.15, 0.2) is 76.4 Å². The van der Waals surface area contributed by atoms with Crippen molar-refractivity contribution in [1.29, 1.82) is 0 Å². The summed E-state index contributed by atoms with van der Waals surface area (Å²) in [5.41, 5.74) is 1.85. The number of hydrogen-bond donors (Lipinski definition) is 0. The molecule has 2 aromatic carbocycles. The Morgan fingerprint density at radius 3 is 2.63 bits per heavy atom. The van der Waals surface area contributed by atoms with Crippen molar-refractivity contribution in [3.05, 3.63) is 83.4 Å². The number of methoxy groups -OCH3 is 1. The lowest BCUT2D eigenvalue weighted by Gasteiger charge is -2.05. The minimum absolute atomic E-state index is 0.120. The van der Waals surface area contributed by atoms with E-state index in [9.17, 15) is 4.79 Å². The highest BCUT2D eigenvalue weighted by atomic mass is 16.5. The van der Waals surface area contributed by atoms with E-state index in [2.05, 4.69) is 20.2 Å². The molecule has 5 aromatic rings. The summed E-state index contributed by atoms with van der Waals surface area (Å²) in [5.74, 6) is 1.53. The number of ether oxygens (including phenoxy) is 1. The summed E-state index contributed by atoms with van der Waals surface area (Å²) >= 11 is 0. The Morgan fingerprint density at radius 1 is 1.07 bits per heavy atom. The maximum absolute atomic E-state index is 12.9. The third kappa shape index (κ3) is 3.12. The SMILES string of the molecule is COc1ccc(-n2ncc3c(=O)n(Cc4nc(-c5ccccc5)no4)cnc32)cc1. The van der Waals surface area contributed by atoms with Crippen LogP contribution >= 0.6 is 0 Å². The van der Waals surface area contributed by atoms with Gasteiger partial charge in [0.25, 0.3) is 5.56 Å². The van der Waals surface area contributed by atoms with Gasteiger partial charge in [0.05, 0.1) is 19.0 Å². The van der Waals surface area contributed by atoms with Gasteiger partial charge in [0.15, 0.2) is 5.65 Å². The maximum atomic E-state index is 12.9. The Morgan fingerprint density at radius 2 is 1.87 bits per heavy atom. The summed E-state index contributed by atoms with van der Waals surface area (Å²) in [6.07, 6.45) is 2.97. The Bertz CT molecular complexity index is 1370. The van der Waals surface area contributed by atoms with Crippen molar-refractivity contribution < 1.29 is 9.26 Å². The number of fused-ring (bicyclic) bond motifs is 1. The van der Waals surface area contributed by atoms with Crippen LogP contribution in [0.1, 0.15) is 5.89 Å². The van der Waals surface area contributed by atoms with Gasteiger partial charge in [0.2, 0.25) is 11.7 Å². The van der Waals surface area contributed by atoms with Crippen LogP contribution in [0.4, 0.5) is 0 Å². The van der Waals surface area contributed by atoms with Crippen molar-refractivity contribution in [1.82, 2.24) is 29.5 Å².